The van der Waals surface area contributed by atoms with Crippen molar-refractivity contribution in [3.05, 3.63) is 34.9 Å². The molecule has 5 nitrogen and oxygen atoms in total. The van der Waals surface area contributed by atoms with Crippen molar-refractivity contribution in [3.63, 3.8) is 0 Å². The van der Waals surface area contributed by atoms with Crippen LogP contribution in [-0.4, -0.2) is 43.4 Å². The molecule has 136 valence electrons. The van der Waals surface area contributed by atoms with Gasteiger partial charge in [0.05, 0.1) is 6.54 Å². The van der Waals surface area contributed by atoms with Crippen LogP contribution in [0.4, 0.5) is 0 Å². The van der Waals surface area contributed by atoms with E-state index >= 15 is 0 Å². The largest absolute Gasteiger partial charge is 0.357 e. The first-order chi connectivity index (χ1) is 10.9. The third-order valence-electron chi connectivity index (χ3n) is 3.23. The van der Waals surface area contributed by atoms with Gasteiger partial charge in [-0.3, -0.25) is 9.79 Å². The summed E-state index contributed by atoms with van der Waals surface area (Å²) in [4.78, 5) is 18.1. The van der Waals surface area contributed by atoms with Crippen molar-refractivity contribution in [2.75, 3.05) is 26.7 Å². The Bertz CT molecular complexity index is 520. The molecular weight excluding hydrogens is 439 g/mol. The highest BCUT2D eigenvalue weighted by atomic mass is 127. The zero-order valence-corrected chi connectivity index (χ0v) is 17.9. The van der Waals surface area contributed by atoms with E-state index in [9.17, 15) is 4.79 Å². The van der Waals surface area contributed by atoms with Gasteiger partial charge in [-0.25, -0.2) is 0 Å². The van der Waals surface area contributed by atoms with E-state index in [0.29, 0.717) is 13.1 Å². The molecule has 1 aromatic carbocycles. The van der Waals surface area contributed by atoms with Crippen molar-refractivity contribution in [3.8, 4) is 0 Å². The molecule has 0 fully saturated rings. The fourth-order valence-electron chi connectivity index (χ4n) is 1.95. The van der Waals surface area contributed by atoms with Crippen LogP contribution in [0.3, 0.4) is 0 Å². The number of carbonyl (C=O) groups excluding carboxylic acids is 1. The molecule has 1 aromatic rings. The van der Waals surface area contributed by atoms with Crippen molar-refractivity contribution in [1.82, 2.24) is 15.5 Å². The predicted octanol–water partition coefficient (Wildman–Crippen LogP) is 3.13. The Balaban J connectivity index is 0.00000529. The van der Waals surface area contributed by atoms with Gasteiger partial charge in [0.1, 0.15) is 0 Å². The molecule has 0 radical (unpaired) electrons. The highest BCUT2D eigenvalue weighted by Gasteiger charge is 2.07. The van der Waals surface area contributed by atoms with E-state index in [1.54, 1.807) is 0 Å². The number of nitrogens with one attached hydrogen (secondary N) is 2. The molecule has 0 unspecified atom stereocenters. The Hall–Kier alpha value is -1.02. The van der Waals surface area contributed by atoms with Gasteiger partial charge in [0.2, 0.25) is 5.91 Å². The quantitative estimate of drug-likeness (QED) is 0.281. The minimum atomic E-state index is -0.000190. The Labute approximate surface area is 167 Å². The SMILES string of the molecule is CCNC(=NCCNC(=O)C(C)C)N(C)Cc1ccc(Cl)cc1.I. The first-order valence-electron chi connectivity index (χ1n) is 7.95. The van der Waals surface area contributed by atoms with Crippen LogP contribution in [0.15, 0.2) is 29.3 Å². The van der Waals surface area contributed by atoms with Gasteiger partial charge >= 0.3 is 0 Å². The summed E-state index contributed by atoms with van der Waals surface area (Å²) in [6.45, 7) is 8.41. The summed E-state index contributed by atoms with van der Waals surface area (Å²) in [5.74, 6) is 0.876. The van der Waals surface area contributed by atoms with Crippen molar-refractivity contribution < 1.29 is 4.79 Å². The van der Waals surface area contributed by atoms with Gasteiger partial charge in [-0.05, 0) is 24.6 Å². The van der Waals surface area contributed by atoms with Crippen LogP contribution >= 0.6 is 35.6 Å². The molecule has 2 N–H and O–H groups in total. The Morgan fingerprint density at radius 1 is 1.25 bits per heavy atom. The highest BCUT2D eigenvalue weighted by molar-refractivity contribution is 14.0. The molecule has 0 atom stereocenters. The van der Waals surface area contributed by atoms with E-state index in [-0.39, 0.29) is 35.8 Å². The molecule has 0 saturated carbocycles. The number of aliphatic imine (C=N–C) groups is 1. The number of hydrogen-bond donors (Lipinski definition) is 2. The van der Waals surface area contributed by atoms with Crippen molar-refractivity contribution >= 4 is 47.4 Å². The Morgan fingerprint density at radius 2 is 1.88 bits per heavy atom. The number of carbonyl (C=O) groups is 1. The number of rotatable bonds is 7. The number of hydrogen-bond acceptors (Lipinski definition) is 2. The van der Waals surface area contributed by atoms with Gasteiger partial charge in [0.25, 0.3) is 0 Å². The molecule has 0 bridgehead atoms. The van der Waals surface area contributed by atoms with Crippen LogP contribution in [0.25, 0.3) is 0 Å². The number of guanidine groups is 1. The van der Waals surface area contributed by atoms with Crippen molar-refractivity contribution in [2.45, 2.75) is 27.3 Å². The van der Waals surface area contributed by atoms with E-state index in [0.717, 1.165) is 29.6 Å². The number of amides is 1. The number of nitrogens with zero attached hydrogens (tertiary/aromatic N) is 2. The molecule has 1 rings (SSSR count). The minimum absolute atomic E-state index is 0. The summed E-state index contributed by atoms with van der Waals surface area (Å²) >= 11 is 5.91. The first-order valence-corrected chi connectivity index (χ1v) is 8.33. The minimum Gasteiger partial charge on any atom is -0.357 e. The van der Waals surface area contributed by atoms with Crippen LogP contribution in [0.2, 0.25) is 5.02 Å². The molecule has 1 amide bonds. The molecule has 0 saturated heterocycles. The summed E-state index contributed by atoms with van der Waals surface area (Å²) in [6, 6.07) is 7.78. The van der Waals surface area contributed by atoms with Gasteiger partial charge < -0.3 is 15.5 Å². The van der Waals surface area contributed by atoms with Gasteiger partial charge in [0, 0.05) is 37.6 Å². The molecule has 0 aliphatic heterocycles. The van der Waals surface area contributed by atoms with Crippen molar-refractivity contribution in [2.24, 2.45) is 10.9 Å². The topological polar surface area (TPSA) is 56.7 Å². The second-order valence-corrected chi connectivity index (χ2v) is 6.10. The highest BCUT2D eigenvalue weighted by Crippen LogP contribution is 2.10. The van der Waals surface area contributed by atoms with Crippen molar-refractivity contribution in [1.29, 1.82) is 0 Å². The smallest absolute Gasteiger partial charge is 0.222 e. The second kappa shape index (κ2) is 12.4. The fraction of sp³-hybridized carbons (Fsp3) is 0.529. The maximum atomic E-state index is 11.5. The monoisotopic (exact) mass is 466 g/mol. The lowest BCUT2D eigenvalue weighted by Crippen LogP contribution is -2.39. The molecule has 0 heterocycles. The molecule has 24 heavy (non-hydrogen) atoms. The molecule has 0 aromatic heterocycles. The standard InChI is InChI=1S/C17H27ClN4O.HI/c1-5-19-17(21-11-10-20-16(23)13(2)3)22(4)12-14-6-8-15(18)9-7-14;/h6-9,13H,5,10-12H2,1-4H3,(H,19,21)(H,20,23);1H. The number of halogens is 2. The second-order valence-electron chi connectivity index (χ2n) is 5.66. The Kier molecular flexibility index (Phi) is 11.8. The van der Waals surface area contributed by atoms with Crippen LogP contribution in [-0.2, 0) is 11.3 Å². The van der Waals surface area contributed by atoms with E-state index in [1.807, 2.05) is 52.1 Å². The molecule has 0 aliphatic carbocycles. The first kappa shape index (κ1) is 23.0. The van der Waals surface area contributed by atoms with Crippen LogP contribution < -0.4 is 10.6 Å². The van der Waals surface area contributed by atoms with E-state index in [1.165, 1.54) is 0 Å². The number of benzene rings is 1. The average Bonchev–Trinajstić information content (AvgIpc) is 2.52. The molecular formula is C17H28ClIN4O. The van der Waals surface area contributed by atoms with Gasteiger partial charge in [-0.15, -0.1) is 24.0 Å². The van der Waals surface area contributed by atoms with Crippen LogP contribution in [0.1, 0.15) is 26.3 Å². The Morgan fingerprint density at radius 3 is 2.42 bits per heavy atom. The molecule has 0 aliphatic rings. The summed E-state index contributed by atoms with van der Waals surface area (Å²) < 4.78 is 0. The summed E-state index contributed by atoms with van der Waals surface area (Å²) in [5, 5.41) is 6.86. The zero-order valence-electron chi connectivity index (χ0n) is 14.8. The molecule has 7 heteroatoms. The van der Waals surface area contributed by atoms with Gasteiger partial charge in [-0.2, -0.15) is 0 Å². The maximum Gasteiger partial charge on any atom is 0.222 e. The van der Waals surface area contributed by atoms with E-state index in [4.69, 9.17) is 11.6 Å². The molecule has 0 spiro atoms. The van der Waals surface area contributed by atoms with E-state index < -0.39 is 0 Å². The average molecular weight is 467 g/mol. The maximum absolute atomic E-state index is 11.5. The van der Waals surface area contributed by atoms with Gasteiger partial charge in [-0.1, -0.05) is 37.6 Å². The summed E-state index contributed by atoms with van der Waals surface area (Å²) in [6.07, 6.45) is 0. The third-order valence-corrected chi connectivity index (χ3v) is 3.48. The van der Waals surface area contributed by atoms with Crippen LogP contribution in [0.5, 0.6) is 0 Å². The lowest BCUT2D eigenvalue weighted by atomic mass is 10.2. The normalized spacial score (nSPS) is 11.0. The van der Waals surface area contributed by atoms with E-state index in [2.05, 4.69) is 20.5 Å². The van der Waals surface area contributed by atoms with Crippen LogP contribution in [0, 0.1) is 5.92 Å². The summed E-state index contributed by atoms with van der Waals surface area (Å²) in [5.41, 5.74) is 1.16. The lowest BCUT2D eigenvalue weighted by Gasteiger charge is -2.22. The zero-order chi connectivity index (χ0) is 17.2. The fourth-order valence-corrected chi connectivity index (χ4v) is 2.08. The third kappa shape index (κ3) is 8.73. The summed E-state index contributed by atoms with van der Waals surface area (Å²) in [7, 11) is 1.99. The lowest BCUT2D eigenvalue weighted by molar-refractivity contribution is -0.123. The van der Waals surface area contributed by atoms with Gasteiger partial charge in [0.15, 0.2) is 5.96 Å². The predicted molar refractivity (Wildman–Crippen MR) is 112 cm³/mol.